The normalized spacial score (nSPS) is 14.5. The molecule has 0 saturated heterocycles. The van der Waals surface area contributed by atoms with Crippen LogP contribution in [0.15, 0.2) is 48.5 Å². The quantitative estimate of drug-likeness (QED) is 0.227. The highest BCUT2D eigenvalue weighted by atomic mass is 35.5. The second-order valence-electron chi connectivity index (χ2n) is 9.21. The fourth-order valence-corrected chi connectivity index (χ4v) is 4.03. The van der Waals surface area contributed by atoms with Crippen molar-refractivity contribution in [2.75, 3.05) is 30.9 Å². The Morgan fingerprint density at radius 1 is 1.05 bits per heavy atom. The third-order valence-corrected chi connectivity index (χ3v) is 6.38. The van der Waals surface area contributed by atoms with Crippen molar-refractivity contribution in [3.05, 3.63) is 64.7 Å². The first kappa shape index (κ1) is 29.8. The maximum Gasteiger partial charge on any atom is 0.422 e. The van der Waals surface area contributed by atoms with Crippen molar-refractivity contribution in [1.29, 1.82) is 0 Å². The van der Waals surface area contributed by atoms with Gasteiger partial charge in [-0.3, -0.25) is 4.79 Å². The molecule has 1 atom stereocenters. The van der Waals surface area contributed by atoms with Crippen molar-refractivity contribution < 1.29 is 32.2 Å². The summed E-state index contributed by atoms with van der Waals surface area (Å²) in [4.78, 5) is 36.8. The van der Waals surface area contributed by atoms with E-state index in [1.807, 2.05) is 12.1 Å². The summed E-state index contributed by atoms with van der Waals surface area (Å²) >= 11 is 6.00. The predicted octanol–water partition coefficient (Wildman–Crippen LogP) is 3.93. The number of nitrogens with one attached hydrogen (secondary N) is 3. The molecule has 2 aromatic carbocycles. The van der Waals surface area contributed by atoms with Gasteiger partial charge in [-0.1, -0.05) is 23.7 Å². The molecule has 1 aliphatic carbocycles. The number of carbonyl (C=O) groups is 2. The molecule has 5 N–H and O–H groups in total. The van der Waals surface area contributed by atoms with Crippen LogP contribution in [0.1, 0.15) is 35.2 Å². The number of esters is 1. The van der Waals surface area contributed by atoms with E-state index < -0.39 is 42.3 Å². The molecule has 1 aromatic heterocycles. The Kier molecular flexibility index (Phi) is 9.13. The summed E-state index contributed by atoms with van der Waals surface area (Å²) in [5, 5.41) is 9.21. The number of methoxy groups -OCH3 is 1. The van der Waals surface area contributed by atoms with Gasteiger partial charge in [0.25, 0.3) is 5.91 Å². The lowest BCUT2D eigenvalue weighted by molar-refractivity contribution is -0.154. The molecule has 0 radical (unpaired) electrons. The monoisotopic (exact) mass is 593 g/mol. The lowest BCUT2D eigenvalue weighted by Gasteiger charge is -2.19. The van der Waals surface area contributed by atoms with Crippen molar-refractivity contribution in [2.24, 2.45) is 5.73 Å². The summed E-state index contributed by atoms with van der Waals surface area (Å²) in [7, 11) is 1.21. The molecular weight excluding hydrogens is 567 g/mol. The number of rotatable bonds is 12. The van der Waals surface area contributed by atoms with Gasteiger partial charge in [0.05, 0.1) is 12.6 Å². The highest BCUT2D eigenvalue weighted by molar-refractivity contribution is 6.30. The van der Waals surface area contributed by atoms with E-state index in [1.54, 1.807) is 12.1 Å². The number of hydrogen-bond donors (Lipinski definition) is 4. The van der Waals surface area contributed by atoms with Crippen LogP contribution in [-0.2, 0) is 15.1 Å². The van der Waals surface area contributed by atoms with Crippen LogP contribution < -0.4 is 26.4 Å². The molecule has 15 heteroatoms. The molecule has 1 amide bonds. The maximum absolute atomic E-state index is 12.8. The lowest BCUT2D eigenvalue weighted by Crippen LogP contribution is -2.42. The number of amides is 1. The topological polar surface area (TPSA) is 153 Å². The molecule has 1 heterocycles. The Morgan fingerprint density at radius 3 is 2.29 bits per heavy atom. The number of carbonyl (C=O) groups excluding carboxylic acids is 2. The number of benzene rings is 2. The van der Waals surface area contributed by atoms with Gasteiger partial charge >= 0.3 is 18.2 Å². The van der Waals surface area contributed by atoms with E-state index in [0.717, 1.165) is 18.4 Å². The smallest absolute Gasteiger partial charge is 0.422 e. The molecular formula is C26H27ClF3N7O4. The van der Waals surface area contributed by atoms with E-state index in [1.165, 1.54) is 31.4 Å². The average molecular weight is 594 g/mol. The number of hydrogen-bond acceptors (Lipinski definition) is 10. The van der Waals surface area contributed by atoms with Crippen LogP contribution in [0.5, 0.6) is 6.01 Å². The summed E-state index contributed by atoms with van der Waals surface area (Å²) < 4.78 is 47.9. The van der Waals surface area contributed by atoms with Gasteiger partial charge in [-0.25, -0.2) is 4.79 Å². The van der Waals surface area contributed by atoms with Crippen molar-refractivity contribution in [3.8, 4) is 6.01 Å². The van der Waals surface area contributed by atoms with Gasteiger partial charge in [-0.05, 0) is 67.8 Å². The number of nitrogens with zero attached hydrogens (tertiary/aromatic N) is 3. The standard InChI is InChI=1S/C26H27ClF3N7O4/c1-40-21(39)19(10-13-31)33-20(38)15-2-8-18(9-3-15)32-22-34-23(36-24(35-22)41-14-26(28,29)30)37-25(11-12-25)16-4-6-17(27)7-5-16/h2-9,19H,10-14,31H2,1H3,(H,33,38)(H2,32,34,35,36,37)/t19-/m0/s1. The first-order valence-electron chi connectivity index (χ1n) is 12.5. The van der Waals surface area contributed by atoms with Crippen LogP contribution in [0.3, 0.4) is 0 Å². The molecule has 0 aliphatic heterocycles. The molecule has 11 nitrogen and oxygen atoms in total. The number of halogens is 4. The third kappa shape index (κ3) is 8.17. The fraction of sp³-hybridized carbons (Fsp3) is 0.346. The zero-order valence-corrected chi connectivity index (χ0v) is 22.6. The van der Waals surface area contributed by atoms with E-state index in [-0.39, 0.29) is 30.4 Å². The van der Waals surface area contributed by atoms with Gasteiger partial charge in [0.2, 0.25) is 11.9 Å². The molecule has 0 bridgehead atoms. The van der Waals surface area contributed by atoms with Crippen LogP contribution in [0, 0.1) is 0 Å². The van der Waals surface area contributed by atoms with Gasteiger partial charge in [0.15, 0.2) is 6.61 Å². The minimum absolute atomic E-state index is 0.0110. The zero-order valence-electron chi connectivity index (χ0n) is 21.8. The van der Waals surface area contributed by atoms with Crippen molar-refractivity contribution in [1.82, 2.24) is 20.3 Å². The van der Waals surface area contributed by atoms with Crippen molar-refractivity contribution in [3.63, 3.8) is 0 Å². The Morgan fingerprint density at radius 2 is 1.71 bits per heavy atom. The molecule has 3 aromatic rings. The zero-order chi connectivity index (χ0) is 29.6. The van der Waals surface area contributed by atoms with Crippen LogP contribution in [0.25, 0.3) is 0 Å². The first-order valence-corrected chi connectivity index (χ1v) is 12.8. The molecule has 0 unspecified atom stereocenters. The van der Waals surface area contributed by atoms with Gasteiger partial charge < -0.3 is 31.2 Å². The predicted molar refractivity (Wildman–Crippen MR) is 144 cm³/mol. The van der Waals surface area contributed by atoms with Crippen LogP contribution in [0.4, 0.5) is 30.8 Å². The number of nitrogens with two attached hydrogens (primary N) is 1. The first-order chi connectivity index (χ1) is 19.5. The number of anilines is 3. The van der Waals surface area contributed by atoms with Crippen LogP contribution in [0.2, 0.25) is 5.02 Å². The van der Waals surface area contributed by atoms with Crippen molar-refractivity contribution in [2.45, 2.75) is 37.0 Å². The SMILES string of the molecule is COC(=O)[C@H](CCN)NC(=O)c1ccc(Nc2nc(NC3(c4ccc(Cl)cc4)CC3)nc(OCC(F)(F)F)n2)cc1. The fourth-order valence-electron chi connectivity index (χ4n) is 3.91. The van der Waals surface area contributed by atoms with Crippen molar-refractivity contribution >= 4 is 41.1 Å². The Hall–Kier alpha value is -4.17. The Balaban J connectivity index is 1.52. The van der Waals surface area contributed by atoms with E-state index in [2.05, 4.69) is 35.6 Å². The average Bonchev–Trinajstić information content (AvgIpc) is 3.71. The summed E-state index contributed by atoms with van der Waals surface area (Å²) in [6.45, 7) is -1.42. The van der Waals surface area contributed by atoms with Gasteiger partial charge in [-0.2, -0.15) is 28.1 Å². The lowest BCUT2D eigenvalue weighted by atomic mass is 10.1. The van der Waals surface area contributed by atoms with Gasteiger partial charge in [0, 0.05) is 16.3 Å². The Bertz CT molecular complexity index is 1370. The van der Waals surface area contributed by atoms with Gasteiger partial charge in [-0.15, -0.1) is 0 Å². The summed E-state index contributed by atoms with van der Waals surface area (Å²) in [5.41, 5.74) is 6.58. The van der Waals surface area contributed by atoms with Gasteiger partial charge in [0.1, 0.15) is 6.04 Å². The summed E-state index contributed by atoms with van der Waals surface area (Å²) in [5.74, 6) is -1.21. The molecule has 1 aliphatic rings. The number of alkyl halides is 3. The second-order valence-corrected chi connectivity index (χ2v) is 9.65. The summed E-state index contributed by atoms with van der Waals surface area (Å²) in [6, 6.07) is 11.8. The number of ether oxygens (including phenoxy) is 2. The Labute approximate surface area is 238 Å². The minimum Gasteiger partial charge on any atom is -0.467 e. The van der Waals surface area contributed by atoms with E-state index >= 15 is 0 Å². The summed E-state index contributed by atoms with van der Waals surface area (Å²) in [6.07, 6.45) is -2.91. The minimum atomic E-state index is -4.59. The highest BCUT2D eigenvalue weighted by Crippen LogP contribution is 2.48. The maximum atomic E-state index is 12.8. The number of aromatic nitrogens is 3. The van der Waals surface area contributed by atoms with E-state index in [0.29, 0.717) is 10.7 Å². The largest absolute Gasteiger partial charge is 0.467 e. The van der Waals surface area contributed by atoms with Crippen LogP contribution in [-0.4, -0.2) is 59.3 Å². The third-order valence-electron chi connectivity index (χ3n) is 6.13. The van der Waals surface area contributed by atoms with Crippen LogP contribution >= 0.6 is 11.6 Å². The molecule has 1 fully saturated rings. The van der Waals surface area contributed by atoms with E-state index in [9.17, 15) is 22.8 Å². The molecule has 218 valence electrons. The second kappa shape index (κ2) is 12.6. The molecule has 4 rings (SSSR count). The van der Waals surface area contributed by atoms with E-state index in [4.69, 9.17) is 22.1 Å². The molecule has 1 saturated carbocycles. The molecule has 41 heavy (non-hydrogen) atoms. The molecule has 0 spiro atoms. The highest BCUT2D eigenvalue weighted by Gasteiger charge is 2.45.